The van der Waals surface area contributed by atoms with Crippen LogP contribution in [-0.4, -0.2) is 18.7 Å². The fourth-order valence-electron chi connectivity index (χ4n) is 4.62. The van der Waals surface area contributed by atoms with E-state index >= 15 is 0 Å². The second-order valence-corrected chi connectivity index (χ2v) is 12.0. The van der Waals surface area contributed by atoms with Crippen LogP contribution in [0.15, 0.2) is 85.2 Å². The second kappa shape index (κ2) is 11.9. The summed E-state index contributed by atoms with van der Waals surface area (Å²) in [5, 5.41) is 1.22. The van der Waals surface area contributed by atoms with Gasteiger partial charge in [0.2, 0.25) is 0 Å². The van der Waals surface area contributed by atoms with E-state index < -0.39 is 13.7 Å². The molecule has 3 aromatic carbocycles. The molecule has 0 bridgehead atoms. The van der Waals surface area contributed by atoms with E-state index in [9.17, 15) is 0 Å². The van der Waals surface area contributed by atoms with Crippen LogP contribution < -0.4 is 0 Å². The quantitative estimate of drug-likeness (QED) is 0.166. The standard InChI is InChI=1S/C23H20N3S.C13H12N.Ir/c1-14-6-5-7-15(10-14)18-12-20-19(13-24-18)25-22-17-11-16(23(2,3)4)8-9-21(17)27-26(20)22;1-10-4-3-5-12(8-10)13-7-6-11(2)9-14-13;/h5-9,11-13H,1-4H3;3-4,6-9H,1-2H3;/q2*-1;/i;1D3,2D3;. The normalized spacial score (nSPS) is 14.1. The molecule has 0 saturated carbocycles. The van der Waals surface area contributed by atoms with Gasteiger partial charge < -0.3 is 9.97 Å². The van der Waals surface area contributed by atoms with Crippen LogP contribution in [0.1, 0.15) is 51.2 Å². The van der Waals surface area contributed by atoms with Crippen LogP contribution in [0, 0.1) is 32.8 Å². The number of pyridine rings is 2. The zero-order valence-corrected chi connectivity index (χ0v) is 26.8. The Morgan fingerprint density at radius 3 is 2.43 bits per heavy atom. The summed E-state index contributed by atoms with van der Waals surface area (Å²) in [6.07, 6.45) is 3.15. The summed E-state index contributed by atoms with van der Waals surface area (Å²) < 4.78 is 47.4. The number of aryl methyl sites for hydroxylation is 3. The summed E-state index contributed by atoms with van der Waals surface area (Å²) in [6.45, 7) is 4.40. The number of imidazole rings is 1. The Balaban J connectivity index is 0.000000193. The van der Waals surface area contributed by atoms with Gasteiger partial charge in [0.1, 0.15) is 5.52 Å². The van der Waals surface area contributed by atoms with Crippen LogP contribution in [0.2, 0.25) is 0 Å². The maximum absolute atomic E-state index is 7.37. The Labute approximate surface area is 273 Å². The summed E-state index contributed by atoms with van der Waals surface area (Å²) in [4.78, 5) is 13.6. The minimum absolute atomic E-state index is 0. The van der Waals surface area contributed by atoms with Crippen LogP contribution in [0.4, 0.5) is 0 Å². The third kappa shape index (κ3) is 6.07. The van der Waals surface area contributed by atoms with E-state index in [1.165, 1.54) is 46.1 Å². The molecule has 0 aliphatic carbocycles. The first-order chi connectivity index (χ1) is 22.1. The van der Waals surface area contributed by atoms with Gasteiger partial charge in [0.05, 0.1) is 10.2 Å². The van der Waals surface area contributed by atoms with Crippen molar-refractivity contribution < 1.29 is 28.3 Å². The Kier molecular flexibility index (Phi) is 6.46. The molecule has 42 heavy (non-hydrogen) atoms. The molecule has 0 aliphatic heterocycles. The summed E-state index contributed by atoms with van der Waals surface area (Å²) in [5.74, 6) is 0. The van der Waals surface area contributed by atoms with E-state index in [4.69, 9.17) is 13.2 Å². The molecule has 0 unspecified atom stereocenters. The molecule has 4 aromatic heterocycles. The zero-order chi connectivity index (χ0) is 33.7. The average Bonchev–Trinajstić information content (AvgIpc) is 3.56. The molecule has 0 N–H and O–H groups in total. The molecule has 6 heteroatoms. The number of rotatable bonds is 2. The number of fused-ring (bicyclic) bond motifs is 5. The molecule has 0 amide bonds. The number of aromatic nitrogens is 4. The Bertz CT molecular complexity index is 2230. The van der Waals surface area contributed by atoms with Crippen LogP contribution in [0.25, 0.3) is 49.3 Å². The van der Waals surface area contributed by atoms with Crippen molar-refractivity contribution in [1.29, 1.82) is 0 Å². The molecule has 0 atom stereocenters. The van der Waals surface area contributed by atoms with Gasteiger partial charge in [-0.05, 0) is 46.9 Å². The van der Waals surface area contributed by atoms with E-state index in [-0.39, 0.29) is 36.6 Å². The second-order valence-electron chi connectivity index (χ2n) is 11.0. The first-order valence-corrected chi connectivity index (χ1v) is 14.1. The largest absolute Gasteiger partial charge is 0.304 e. The van der Waals surface area contributed by atoms with Crippen LogP contribution in [0.5, 0.6) is 0 Å². The fraction of sp³-hybridized carbons (Fsp3) is 0.194. The molecule has 4 nitrogen and oxygen atoms in total. The van der Waals surface area contributed by atoms with Crippen molar-refractivity contribution in [2.75, 3.05) is 0 Å². The van der Waals surface area contributed by atoms with Gasteiger partial charge in [0.25, 0.3) is 0 Å². The predicted octanol–water partition coefficient (Wildman–Crippen LogP) is 9.33. The smallest absolute Gasteiger partial charge is 0.156 e. The molecular formula is C36H32IrN4S-2. The van der Waals surface area contributed by atoms with Crippen LogP contribution in [0.3, 0.4) is 0 Å². The summed E-state index contributed by atoms with van der Waals surface area (Å²) >= 11 is 1.74. The van der Waals surface area contributed by atoms with E-state index in [1.807, 2.05) is 12.3 Å². The molecule has 0 saturated heterocycles. The summed E-state index contributed by atoms with van der Waals surface area (Å²) in [5.41, 5.74) is 8.92. The minimum Gasteiger partial charge on any atom is -0.304 e. The molecule has 213 valence electrons. The van der Waals surface area contributed by atoms with E-state index in [2.05, 4.69) is 90.0 Å². The van der Waals surface area contributed by atoms with Gasteiger partial charge >= 0.3 is 0 Å². The van der Waals surface area contributed by atoms with Gasteiger partial charge in [-0.15, -0.1) is 70.8 Å². The SMILES string of the molecule is Cc1[c-]c(-c2cc3c(cn2)nc2c4cc(C(C)(C)C)ccc4sn32)ccc1.[2H]C([2H])([2H])c1ccc(-c2[c-]ccc(C([2H])([2H])[2H])c2)nc1.[Ir]. The minimum atomic E-state index is -2.20. The predicted molar refractivity (Wildman–Crippen MR) is 172 cm³/mol. The van der Waals surface area contributed by atoms with E-state index in [1.54, 1.807) is 17.6 Å². The number of benzene rings is 3. The molecule has 4 heterocycles. The van der Waals surface area contributed by atoms with Gasteiger partial charge in [-0.1, -0.05) is 70.3 Å². The van der Waals surface area contributed by atoms with Crippen molar-refractivity contribution >= 4 is 38.3 Å². The topological polar surface area (TPSA) is 43.1 Å². The third-order valence-corrected chi connectivity index (χ3v) is 7.94. The molecule has 1 radical (unpaired) electrons. The number of nitrogens with zero attached hydrogens (tertiary/aromatic N) is 4. The first kappa shape index (κ1) is 22.8. The van der Waals surface area contributed by atoms with Gasteiger partial charge in [-0.25, -0.2) is 8.77 Å². The van der Waals surface area contributed by atoms with Crippen LogP contribution >= 0.6 is 11.5 Å². The average molecular weight is 751 g/mol. The monoisotopic (exact) mass is 751 g/mol. The van der Waals surface area contributed by atoms with Crippen molar-refractivity contribution in [3.8, 4) is 22.5 Å². The molecule has 0 aliphatic rings. The number of hydrogen-bond donors (Lipinski definition) is 0. The van der Waals surface area contributed by atoms with Gasteiger partial charge in [-0.3, -0.25) is 0 Å². The third-order valence-electron chi connectivity index (χ3n) is 6.83. The van der Waals surface area contributed by atoms with Crippen molar-refractivity contribution in [3.05, 3.63) is 120 Å². The van der Waals surface area contributed by atoms with Gasteiger partial charge in [0.15, 0.2) is 5.65 Å². The maximum Gasteiger partial charge on any atom is 0.156 e. The summed E-state index contributed by atoms with van der Waals surface area (Å²) in [6, 6.07) is 28.8. The summed E-state index contributed by atoms with van der Waals surface area (Å²) in [7, 11) is 0. The van der Waals surface area contributed by atoms with Crippen molar-refractivity contribution in [1.82, 2.24) is 18.7 Å². The molecule has 7 aromatic rings. The first-order valence-electron chi connectivity index (χ1n) is 16.3. The van der Waals surface area contributed by atoms with E-state index in [0.29, 0.717) is 11.3 Å². The Morgan fingerprint density at radius 1 is 0.857 bits per heavy atom. The fourth-order valence-corrected chi connectivity index (χ4v) is 5.66. The molecule has 0 spiro atoms. The van der Waals surface area contributed by atoms with E-state index in [0.717, 1.165) is 33.5 Å². The molecular weight excluding hydrogens is 713 g/mol. The molecule has 7 rings (SSSR count). The Hall–Kier alpha value is -3.70. The van der Waals surface area contributed by atoms with Gasteiger partial charge in [0, 0.05) is 46.1 Å². The van der Waals surface area contributed by atoms with Crippen molar-refractivity contribution in [2.45, 2.75) is 46.8 Å². The Morgan fingerprint density at radius 2 is 1.69 bits per heavy atom. The molecule has 0 fully saturated rings. The van der Waals surface area contributed by atoms with Crippen LogP contribution in [-0.2, 0) is 25.5 Å². The van der Waals surface area contributed by atoms with Crippen molar-refractivity contribution in [2.24, 2.45) is 0 Å². The number of hydrogen-bond acceptors (Lipinski definition) is 4. The van der Waals surface area contributed by atoms with Crippen molar-refractivity contribution in [3.63, 3.8) is 0 Å². The maximum atomic E-state index is 7.37. The zero-order valence-electron chi connectivity index (χ0n) is 29.6. The van der Waals surface area contributed by atoms with Gasteiger partial charge in [-0.2, -0.15) is 0 Å².